The van der Waals surface area contributed by atoms with Crippen molar-refractivity contribution in [1.29, 1.82) is 0 Å². The second kappa shape index (κ2) is 6.58. The molecule has 5 heteroatoms. The van der Waals surface area contributed by atoms with Gasteiger partial charge in [0.05, 0.1) is 5.52 Å². The van der Waals surface area contributed by atoms with Crippen molar-refractivity contribution in [2.45, 2.75) is 26.0 Å². The Kier molecular flexibility index (Phi) is 5.06. The van der Waals surface area contributed by atoms with Crippen LogP contribution in [0.15, 0.2) is 24.4 Å². The number of hydrogen-bond acceptors (Lipinski definition) is 3. The minimum atomic E-state index is -0.505. The molecule has 0 bridgehead atoms. The number of ether oxygens (including phenoxy) is 1. The first kappa shape index (κ1) is 14.6. The number of halogens is 1. The van der Waals surface area contributed by atoms with E-state index in [0.29, 0.717) is 19.2 Å². The van der Waals surface area contributed by atoms with Crippen LogP contribution in [-0.4, -0.2) is 35.4 Å². The zero-order valence-corrected chi connectivity index (χ0v) is 13.3. The molecule has 0 radical (unpaired) electrons. The molecule has 0 aliphatic rings. The summed E-state index contributed by atoms with van der Waals surface area (Å²) in [4.78, 5) is 3.17. The van der Waals surface area contributed by atoms with Crippen LogP contribution in [0.5, 0.6) is 5.75 Å². The van der Waals surface area contributed by atoms with Gasteiger partial charge in [0, 0.05) is 27.7 Å². The Bertz CT molecular complexity index is 539. The van der Waals surface area contributed by atoms with Crippen LogP contribution in [0.1, 0.15) is 13.8 Å². The fourth-order valence-corrected chi connectivity index (χ4v) is 2.43. The van der Waals surface area contributed by atoms with E-state index >= 15 is 0 Å². The highest BCUT2D eigenvalue weighted by molar-refractivity contribution is 14.1. The van der Waals surface area contributed by atoms with Crippen molar-refractivity contribution in [2.24, 2.45) is 0 Å². The molecular formula is C14H19IN2O2. The summed E-state index contributed by atoms with van der Waals surface area (Å²) in [6.07, 6.45) is 1.39. The van der Waals surface area contributed by atoms with E-state index in [1.807, 2.05) is 18.3 Å². The highest BCUT2D eigenvalue weighted by atomic mass is 127. The van der Waals surface area contributed by atoms with Gasteiger partial charge in [-0.3, -0.25) is 0 Å². The fourth-order valence-electron chi connectivity index (χ4n) is 1.84. The molecular weight excluding hydrogens is 355 g/mol. The summed E-state index contributed by atoms with van der Waals surface area (Å²) in [6, 6.07) is 6.40. The lowest BCUT2D eigenvalue weighted by Gasteiger charge is -2.15. The normalized spacial score (nSPS) is 13.1. The number of aliphatic hydroxyl groups is 1. The number of nitrogens with one attached hydrogen (secondary N) is 2. The first-order valence-electron chi connectivity index (χ1n) is 6.37. The van der Waals surface area contributed by atoms with Gasteiger partial charge in [-0.15, -0.1) is 0 Å². The van der Waals surface area contributed by atoms with E-state index < -0.39 is 6.10 Å². The molecule has 0 aliphatic heterocycles. The highest BCUT2D eigenvalue weighted by Gasteiger charge is 2.09. The molecule has 0 saturated heterocycles. The van der Waals surface area contributed by atoms with Gasteiger partial charge in [0.1, 0.15) is 18.5 Å². The number of hydrogen-bond donors (Lipinski definition) is 3. The van der Waals surface area contributed by atoms with Gasteiger partial charge >= 0.3 is 0 Å². The Balaban J connectivity index is 1.99. The van der Waals surface area contributed by atoms with Crippen LogP contribution in [0.3, 0.4) is 0 Å². The van der Waals surface area contributed by atoms with Crippen LogP contribution in [0.25, 0.3) is 10.9 Å². The third-order valence-corrected chi connectivity index (χ3v) is 3.41. The number of aromatic nitrogens is 1. The van der Waals surface area contributed by atoms with Crippen molar-refractivity contribution >= 4 is 33.5 Å². The number of rotatable bonds is 6. The van der Waals surface area contributed by atoms with Gasteiger partial charge in [0.25, 0.3) is 0 Å². The van der Waals surface area contributed by atoms with Gasteiger partial charge in [-0.1, -0.05) is 13.8 Å². The monoisotopic (exact) mass is 374 g/mol. The number of fused-ring (bicyclic) bond motifs is 1. The zero-order chi connectivity index (χ0) is 13.8. The van der Waals surface area contributed by atoms with Gasteiger partial charge in [0.2, 0.25) is 0 Å². The second-order valence-corrected chi connectivity index (χ2v) is 6.12. The van der Waals surface area contributed by atoms with Crippen LogP contribution < -0.4 is 10.1 Å². The average molecular weight is 374 g/mol. The van der Waals surface area contributed by atoms with Crippen LogP contribution in [0.4, 0.5) is 0 Å². The van der Waals surface area contributed by atoms with E-state index in [2.05, 4.69) is 52.8 Å². The van der Waals surface area contributed by atoms with Crippen molar-refractivity contribution in [3.05, 3.63) is 28.0 Å². The lowest BCUT2D eigenvalue weighted by molar-refractivity contribution is 0.105. The molecule has 4 nitrogen and oxygen atoms in total. The second-order valence-electron chi connectivity index (χ2n) is 4.87. The molecule has 0 spiro atoms. The van der Waals surface area contributed by atoms with Gasteiger partial charge in [0.15, 0.2) is 0 Å². The third-order valence-electron chi connectivity index (χ3n) is 2.79. The first-order chi connectivity index (χ1) is 9.06. The van der Waals surface area contributed by atoms with Gasteiger partial charge in [-0.2, -0.15) is 0 Å². The number of aliphatic hydroxyl groups excluding tert-OH is 1. The lowest BCUT2D eigenvalue weighted by Crippen LogP contribution is -2.35. The van der Waals surface area contributed by atoms with E-state index in [1.54, 1.807) is 0 Å². The number of aromatic amines is 1. The van der Waals surface area contributed by atoms with Crippen molar-refractivity contribution in [3.63, 3.8) is 0 Å². The van der Waals surface area contributed by atoms with Crippen molar-refractivity contribution in [1.82, 2.24) is 10.3 Å². The minimum Gasteiger partial charge on any atom is -0.490 e. The molecule has 1 heterocycles. The Labute approximate surface area is 126 Å². The molecule has 19 heavy (non-hydrogen) atoms. The molecule has 0 aliphatic carbocycles. The van der Waals surface area contributed by atoms with E-state index in [0.717, 1.165) is 20.2 Å². The van der Waals surface area contributed by atoms with E-state index in [-0.39, 0.29) is 0 Å². The quantitative estimate of drug-likeness (QED) is 0.682. The Morgan fingerprint density at radius 3 is 2.95 bits per heavy atom. The average Bonchev–Trinajstić information content (AvgIpc) is 2.81. The molecule has 2 rings (SSSR count). The standard InChI is InChI=1S/C14H19IN2O2/c1-9(2)17-7-11(18)8-19-14-6-10(15)5-13-12(14)3-4-16-13/h3-6,9,11,16-18H,7-8H2,1-2H3. The number of H-pyrrole nitrogens is 1. The van der Waals surface area contributed by atoms with E-state index in [4.69, 9.17) is 4.74 Å². The van der Waals surface area contributed by atoms with Crippen molar-refractivity contribution in [2.75, 3.05) is 13.2 Å². The summed E-state index contributed by atoms with van der Waals surface area (Å²) >= 11 is 2.26. The molecule has 1 atom stereocenters. The summed E-state index contributed by atoms with van der Waals surface area (Å²) in [6.45, 7) is 4.94. The summed E-state index contributed by atoms with van der Waals surface area (Å²) in [5.74, 6) is 0.812. The van der Waals surface area contributed by atoms with Crippen LogP contribution in [-0.2, 0) is 0 Å². The molecule has 104 valence electrons. The summed E-state index contributed by atoms with van der Waals surface area (Å²) in [5.41, 5.74) is 1.05. The van der Waals surface area contributed by atoms with Gasteiger partial charge < -0.3 is 20.1 Å². The molecule has 1 unspecified atom stereocenters. The van der Waals surface area contributed by atoms with Crippen LogP contribution >= 0.6 is 22.6 Å². The van der Waals surface area contributed by atoms with E-state index in [1.165, 1.54) is 0 Å². The molecule has 1 aromatic carbocycles. The Morgan fingerprint density at radius 1 is 1.42 bits per heavy atom. The summed E-state index contributed by atoms with van der Waals surface area (Å²) in [7, 11) is 0. The maximum atomic E-state index is 9.85. The molecule has 0 amide bonds. The largest absolute Gasteiger partial charge is 0.490 e. The molecule has 3 N–H and O–H groups in total. The predicted octanol–water partition coefficient (Wildman–Crippen LogP) is 2.51. The van der Waals surface area contributed by atoms with Crippen LogP contribution in [0, 0.1) is 3.57 Å². The maximum Gasteiger partial charge on any atom is 0.129 e. The molecule has 2 aromatic rings. The van der Waals surface area contributed by atoms with E-state index in [9.17, 15) is 5.11 Å². The van der Waals surface area contributed by atoms with Gasteiger partial charge in [-0.05, 0) is 40.8 Å². The fraction of sp³-hybridized carbons (Fsp3) is 0.429. The SMILES string of the molecule is CC(C)NCC(O)COc1cc(I)cc2[nH]ccc12. The van der Waals surface area contributed by atoms with Crippen LogP contribution in [0.2, 0.25) is 0 Å². The third kappa shape index (κ3) is 4.09. The number of benzene rings is 1. The summed E-state index contributed by atoms with van der Waals surface area (Å²) in [5, 5.41) is 14.1. The highest BCUT2D eigenvalue weighted by Crippen LogP contribution is 2.27. The smallest absolute Gasteiger partial charge is 0.129 e. The Morgan fingerprint density at radius 2 is 2.21 bits per heavy atom. The van der Waals surface area contributed by atoms with Gasteiger partial charge in [-0.25, -0.2) is 0 Å². The molecule has 0 fully saturated rings. The Hall–Kier alpha value is -0.790. The van der Waals surface area contributed by atoms with Crippen molar-refractivity contribution in [3.8, 4) is 5.75 Å². The summed E-state index contributed by atoms with van der Waals surface area (Å²) < 4.78 is 6.85. The first-order valence-corrected chi connectivity index (χ1v) is 7.45. The van der Waals surface area contributed by atoms with Crippen molar-refractivity contribution < 1.29 is 9.84 Å². The topological polar surface area (TPSA) is 57.3 Å². The predicted molar refractivity (Wildman–Crippen MR) is 85.7 cm³/mol. The molecule has 1 aromatic heterocycles. The zero-order valence-electron chi connectivity index (χ0n) is 11.1. The minimum absolute atomic E-state index is 0.292. The molecule has 0 saturated carbocycles. The maximum absolute atomic E-state index is 9.85. The lowest BCUT2D eigenvalue weighted by atomic mass is 10.2.